The van der Waals surface area contributed by atoms with E-state index in [9.17, 15) is 4.79 Å². The first kappa shape index (κ1) is 22.2. The van der Waals surface area contributed by atoms with Crippen LogP contribution in [0, 0.1) is 0 Å². The third-order valence-electron chi connectivity index (χ3n) is 4.96. The smallest absolute Gasteiger partial charge is 0.246 e. The van der Waals surface area contributed by atoms with E-state index in [2.05, 4.69) is 10.4 Å². The van der Waals surface area contributed by atoms with E-state index in [1.807, 2.05) is 43.3 Å². The third kappa shape index (κ3) is 4.97. The van der Waals surface area contributed by atoms with Crippen molar-refractivity contribution in [2.24, 2.45) is 12.0 Å². The topological polar surface area (TPSA) is 84.2 Å². The summed E-state index contributed by atoms with van der Waals surface area (Å²) in [5, 5.41) is 7.46. The van der Waals surface area contributed by atoms with Gasteiger partial charge in [0.25, 0.3) is 0 Å². The number of piperazine rings is 1. The number of carbonyl (C=O) groups is 1. The molecule has 0 aliphatic carbocycles. The molecule has 9 nitrogen and oxygen atoms in total. The lowest BCUT2D eigenvalue weighted by atomic mass is 10.1. The van der Waals surface area contributed by atoms with Crippen LogP contribution in [0.15, 0.2) is 35.6 Å². The molecule has 0 saturated carbocycles. The van der Waals surface area contributed by atoms with Crippen molar-refractivity contribution in [1.29, 1.82) is 0 Å². The molecule has 1 aromatic heterocycles. The summed E-state index contributed by atoms with van der Waals surface area (Å²) in [6, 6.07) is 5.97. The zero-order valence-corrected chi connectivity index (χ0v) is 19.5. The molecule has 1 amide bonds. The zero-order chi connectivity index (χ0) is 20.2. The van der Waals surface area contributed by atoms with Gasteiger partial charge < -0.3 is 24.6 Å². The highest BCUT2D eigenvalue weighted by Gasteiger charge is 2.27. The fraction of sp³-hybridized carbons (Fsp3) is 0.450. The second kappa shape index (κ2) is 10.0. The van der Waals surface area contributed by atoms with Crippen molar-refractivity contribution >= 4 is 41.5 Å². The summed E-state index contributed by atoms with van der Waals surface area (Å²) in [6.07, 6.45) is 4.37. The molecule has 1 fully saturated rings. The number of anilines is 1. The van der Waals surface area contributed by atoms with Crippen LogP contribution in [-0.2, 0) is 18.3 Å². The predicted molar refractivity (Wildman–Crippen MR) is 125 cm³/mol. The molecule has 2 aromatic rings. The number of halogens is 1. The first-order valence-electron chi connectivity index (χ1n) is 9.85. The molecule has 3 heterocycles. The highest BCUT2D eigenvalue weighted by molar-refractivity contribution is 14.0. The minimum Gasteiger partial charge on any atom is -0.454 e. The molecule has 162 valence electrons. The lowest BCUT2D eigenvalue weighted by Gasteiger charge is -2.35. The van der Waals surface area contributed by atoms with Gasteiger partial charge in [-0.3, -0.25) is 14.5 Å². The number of amides is 1. The fourth-order valence-electron chi connectivity index (χ4n) is 3.49. The molecular formula is C20H27IN6O3. The highest BCUT2D eigenvalue weighted by Crippen LogP contribution is 2.32. The monoisotopic (exact) mass is 526 g/mol. The molecule has 1 aromatic carbocycles. The third-order valence-corrected chi connectivity index (χ3v) is 4.96. The van der Waals surface area contributed by atoms with Crippen molar-refractivity contribution in [3.8, 4) is 11.5 Å². The Balaban J connectivity index is 0.00000256. The molecule has 0 spiro atoms. The standard InChI is InChI=1S/C20H26N6O3.HI/c1-3-21-20(22-7-6-15-4-5-17-18(10-15)29-14-28-17)25-8-9-26(19(27)13-25)16-11-23-24(2)12-16;/h4-5,10-12H,3,6-9,13-14H2,1-2H3,(H,21,22);1H. The SMILES string of the molecule is CCNC(=NCCc1ccc2c(c1)OCO2)N1CCN(c2cnn(C)c2)C(=O)C1.I. The zero-order valence-electron chi connectivity index (χ0n) is 17.2. The number of aliphatic imine (C=N–C) groups is 1. The summed E-state index contributed by atoms with van der Waals surface area (Å²) in [4.78, 5) is 21.2. The van der Waals surface area contributed by atoms with Gasteiger partial charge in [-0.2, -0.15) is 5.10 Å². The molecule has 1 saturated heterocycles. The number of benzene rings is 1. The van der Waals surface area contributed by atoms with Crippen molar-refractivity contribution in [3.05, 3.63) is 36.2 Å². The van der Waals surface area contributed by atoms with Gasteiger partial charge in [-0.1, -0.05) is 6.07 Å². The number of guanidine groups is 1. The van der Waals surface area contributed by atoms with Crippen LogP contribution in [0.3, 0.4) is 0 Å². The second-order valence-corrected chi connectivity index (χ2v) is 7.01. The molecule has 2 aliphatic rings. The summed E-state index contributed by atoms with van der Waals surface area (Å²) < 4.78 is 12.5. The number of aromatic nitrogens is 2. The second-order valence-electron chi connectivity index (χ2n) is 7.01. The van der Waals surface area contributed by atoms with Crippen LogP contribution in [0.4, 0.5) is 5.69 Å². The van der Waals surface area contributed by atoms with E-state index in [0.29, 0.717) is 19.6 Å². The summed E-state index contributed by atoms with van der Waals surface area (Å²) >= 11 is 0. The average Bonchev–Trinajstić information content (AvgIpc) is 3.35. The Labute approximate surface area is 193 Å². The maximum Gasteiger partial charge on any atom is 0.246 e. The Kier molecular flexibility index (Phi) is 7.40. The Morgan fingerprint density at radius 2 is 2.10 bits per heavy atom. The quantitative estimate of drug-likeness (QED) is 0.363. The summed E-state index contributed by atoms with van der Waals surface area (Å²) in [5.41, 5.74) is 1.98. The van der Waals surface area contributed by atoms with Crippen LogP contribution in [0.2, 0.25) is 0 Å². The minimum absolute atomic E-state index is 0. The molecule has 1 N–H and O–H groups in total. The van der Waals surface area contributed by atoms with Crippen molar-refractivity contribution < 1.29 is 14.3 Å². The molecule has 10 heteroatoms. The van der Waals surface area contributed by atoms with E-state index in [1.165, 1.54) is 0 Å². The van der Waals surface area contributed by atoms with E-state index in [1.54, 1.807) is 15.8 Å². The molecule has 0 bridgehead atoms. The van der Waals surface area contributed by atoms with Crippen molar-refractivity contribution in [2.75, 3.05) is 44.4 Å². The Bertz CT molecular complexity index is 916. The lowest BCUT2D eigenvalue weighted by molar-refractivity contribution is -0.120. The number of carbonyl (C=O) groups excluding carboxylic acids is 1. The summed E-state index contributed by atoms with van der Waals surface area (Å²) in [7, 11) is 1.85. The Morgan fingerprint density at radius 1 is 1.27 bits per heavy atom. The predicted octanol–water partition coefficient (Wildman–Crippen LogP) is 1.62. The van der Waals surface area contributed by atoms with Crippen LogP contribution in [0.1, 0.15) is 12.5 Å². The number of hydrogen-bond acceptors (Lipinski definition) is 5. The fourth-order valence-corrected chi connectivity index (χ4v) is 3.49. The average molecular weight is 526 g/mol. The largest absolute Gasteiger partial charge is 0.454 e. The first-order chi connectivity index (χ1) is 14.1. The molecule has 2 aliphatic heterocycles. The maximum atomic E-state index is 12.7. The number of aryl methyl sites for hydroxylation is 1. The van der Waals surface area contributed by atoms with Gasteiger partial charge in [0.05, 0.1) is 11.9 Å². The number of nitrogens with one attached hydrogen (secondary N) is 1. The van der Waals surface area contributed by atoms with Crippen LogP contribution in [0.25, 0.3) is 0 Å². The lowest BCUT2D eigenvalue weighted by Crippen LogP contribution is -2.55. The van der Waals surface area contributed by atoms with E-state index < -0.39 is 0 Å². The van der Waals surface area contributed by atoms with Gasteiger partial charge in [0.15, 0.2) is 17.5 Å². The van der Waals surface area contributed by atoms with E-state index in [4.69, 9.17) is 14.5 Å². The number of rotatable bonds is 5. The minimum atomic E-state index is 0. The number of hydrogen-bond donors (Lipinski definition) is 1. The van der Waals surface area contributed by atoms with E-state index in [-0.39, 0.29) is 36.7 Å². The van der Waals surface area contributed by atoms with Crippen molar-refractivity contribution in [1.82, 2.24) is 20.0 Å². The van der Waals surface area contributed by atoms with Crippen molar-refractivity contribution in [3.63, 3.8) is 0 Å². The van der Waals surface area contributed by atoms with Gasteiger partial charge in [-0.15, -0.1) is 24.0 Å². The van der Waals surface area contributed by atoms with E-state index in [0.717, 1.165) is 48.2 Å². The molecular weight excluding hydrogens is 499 g/mol. The van der Waals surface area contributed by atoms with Crippen LogP contribution in [0.5, 0.6) is 11.5 Å². The number of ether oxygens (including phenoxy) is 2. The van der Waals surface area contributed by atoms with Crippen LogP contribution in [-0.4, -0.2) is 66.1 Å². The van der Waals surface area contributed by atoms with Crippen LogP contribution < -0.4 is 19.7 Å². The van der Waals surface area contributed by atoms with Gasteiger partial charge in [0.1, 0.15) is 6.54 Å². The molecule has 0 radical (unpaired) electrons. The summed E-state index contributed by atoms with van der Waals surface area (Å²) in [5.74, 6) is 2.39. The molecule has 30 heavy (non-hydrogen) atoms. The van der Waals surface area contributed by atoms with Crippen LogP contribution >= 0.6 is 24.0 Å². The van der Waals surface area contributed by atoms with Gasteiger partial charge >= 0.3 is 0 Å². The van der Waals surface area contributed by atoms with Gasteiger partial charge in [-0.05, 0) is 31.0 Å². The van der Waals surface area contributed by atoms with E-state index >= 15 is 0 Å². The summed E-state index contributed by atoms with van der Waals surface area (Å²) in [6.45, 7) is 5.30. The van der Waals surface area contributed by atoms with Gasteiger partial charge in [-0.25, -0.2) is 0 Å². The Hall–Kier alpha value is -2.50. The molecule has 4 rings (SSSR count). The highest BCUT2D eigenvalue weighted by atomic mass is 127. The van der Waals surface area contributed by atoms with Gasteiger partial charge in [0, 0.05) is 39.4 Å². The normalized spacial score (nSPS) is 15.9. The molecule has 0 unspecified atom stereocenters. The number of nitrogens with zero attached hydrogens (tertiary/aromatic N) is 5. The Morgan fingerprint density at radius 3 is 2.83 bits per heavy atom. The van der Waals surface area contributed by atoms with Gasteiger partial charge in [0.2, 0.25) is 12.7 Å². The maximum absolute atomic E-state index is 12.7. The van der Waals surface area contributed by atoms with Crippen molar-refractivity contribution in [2.45, 2.75) is 13.3 Å². The first-order valence-corrected chi connectivity index (χ1v) is 9.85. The molecule has 0 atom stereocenters. The number of fused-ring (bicyclic) bond motifs is 1.